The van der Waals surface area contributed by atoms with Gasteiger partial charge in [0.15, 0.2) is 0 Å². The summed E-state index contributed by atoms with van der Waals surface area (Å²) in [5.41, 5.74) is 6.69. The topological polar surface area (TPSA) is 79.5 Å². The second-order valence-corrected chi connectivity index (χ2v) is 6.83. The van der Waals surface area contributed by atoms with Gasteiger partial charge in [-0.25, -0.2) is 0 Å². The molecule has 0 aromatic carbocycles. The van der Waals surface area contributed by atoms with Gasteiger partial charge in [-0.1, -0.05) is 19.3 Å². The van der Waals surface area contributed by atoms with Crippen molar-refractivity contribution >= 4 is 17.5 Å². The minimum absolute atomic E-state index is 0.284. The Kier molecular flexibility index (Phi) is 5.33. The van der Waals surface area contributed by atoms with Crippen LogP contribution in [0.2, 0.25) is 0 Å². The first kappa shape index (κ1) is 16.7. The van der Waals surface area contributed by atoms with Gasteiger partial charge in [-0.15, -0.1) is 0 Å². The van der Waals surface area contributed by atoms with Crippen molar-refractivity contribution in [1.29, 1.82) is 0 Å². The summed E-state index contributed by atoms with van der Waals surface area (Å²) in [6.07, 6.45) is 10.1. The molecule has 0 bridgehead atoms. The van der Waals surface area contributed by atoms with Crippen LogP contribution in [0.5, 0.6) is 0 Å². The third kappa shape index (κ3) is 3.86. The number of piperazine rings is 1. The maximum Gasteiger partial charge on any atom is 0.252 e. The number of hydrogen-bond acceptors (Lipinski definition) is 4. The zero-order chi connectivity index (χ0) is 16.9. The molecule has 2 aliphatic rings. The summed E-state index contributed by atoms with van der Waals surface area (Å²) in [6, 6.07) is 1.82. The quantitative estimate of drug-likeness (QED) is 0.913. The number of hydrogen-bond donors (Lipinski definition) is 1. The Labute approximate surface area is 143 Å². The van der Waals surface area contributed by atoms with E-state index in [1.807, 2.05) is 11.0 Å². The lowest BCUT2D eigenvalue weighted by Crippen LogP contribution is -2.49. The molecular weight excluding hydrogens is 304 g/mol. The van der Waals surface area contributed by atoms with E-state index in [1.54, 1.807) is 6.20 Å². The van der Waals surface area contributed by atoms with Gasteiger partial charge in [-0.05, 0) is 24.8 Å². The lowest BCUT2D eigenvalue weighted by Gasteiger charge is -2.37. The molecule has 0 spiro atoms. The molecule has 0 unspecified atom stereocenters. The van der Waals surface area contributed by atoms with Crippen molar-refractivity contribution in [2.24, 2.45) is 11.7 Å². The molecule has 1 aromatic rings. The SMILES string of the molecule is NC(=O)c1cnccc1N1CCN(C(=O)CC2CCCCC2)CC1. The predicted molar refractivity (Wildman–Crippen MR) is 92.7 cm³/mol. The Balaban J connectivity index is 1.56. The molecule has 2 fully saturated rings. The van der Waals surface area contributed by atoms with Crippen LogP contribution in [0, 0.1) is 5.92 Å². The molecule has 2 heterocycles. The Morgan fingerprint density at radius 1 is 1.12 bits per heavy atom. The monoisotopic (exact) mass is 330 g/mol. The zero-order valence-electron chi connectivity index (χ0n) is 14.1. The van der Waals surface area contributed by atoms with E-state index in [0.29, 0.717) is 31.0 Å². The van der Waals surface area contributed by atoms with Gasteiger partial charge < -0.3 is 15.5 Å². The van der Waals surface area contributed by atoms with Gasteiger partial charge in [0, 0.05) is 45.0 Å². The van der Waals surface area contributed by atoms with E-state index in [-0.39, 0.29) is 5.91 Å². The van der Waals surface area contributed by atoms with Crippen LogP contribution in [0.1, 0.15) is 48.9 Å². The molecule has 6 heteroatoms. The highest BCUT2D eigenvalue weighted by Gasteiger charge is 2.25. The molecule has 1 saturated heterocycles. The van der Waals surface area contributed by atoms with Crippen molar-refractivity contribution in [1.82, 2.24) is 9.88 Å². The van der Waals surface area contributed by atoms with Gasteiger partial charge in [-0.3, -0.25) is 14.6 Å². The normalized spacial score (nSPS) is 19.3. The Morgan fingerprint density at radius 3 is 2.50 bits per heavy atom. The standard InChI is InChI=1S/C18H26N4O2/c19-18(24)15-13-20-7-6-16(15)21-8-10-22(11-9-21)17(23)12-14-4-2-1-3-5-14/h6-7,13-14H,1-5,8-12H2,(H2,19,24). The predicted octanol–water partition coefficient (Wildman–Crippen LogP) is 1.80. The van der Waals surface area contributed by atoms with Crippen molar-refractivity contribution in [3.63, 3.8) is 0 Å². The number of carbonyl (C=O) groups is 2. The fourth-order valence-electron chi connectivity index (χ4n) is 3.82. The number of rotatable bonds is 4. The van der Waals surface area contributed by atoms with Crippen molar-refractivity contribution in [3.05, 3.63) is 24.0 Å². The average molecular weight is 330 g/mol. The molecule has 0 atom stereocenters. The van der Waals surface area contributed by atoms with Crippen LogP contribution >= 0.6 is 0 Å². The van der Waals surface area contributed by atoms with E-state index < -0.39 is 5.91 Å². The third-order valence-electron chi connectivity index (χ3n) is 5.22. The van der Waals surface area contributed by atoms with Gasteiger partial charge in [0.25, 0.3) is 5.91 Å². The smallest absolute Gasteiger partial charge is 0.252 e. The molecule has 2 amide bonds. The van der Waals surface area contributed by atoms with E-state index >= 15 is 0 Å². The lowest BCUT2D eigenvalue weighted by molar-refractivity contribution is -0.132. The molecule has 2 N–H and O–H groups in total. The summed E-state index contributed by atoms with van der Waals surface area (Å²) in [5, 5.41) is 0. The van der Waals surface area contributed by atoms with Crippen molar-refractivity contribution in [2.45, 2.75) is 38.5 Å². The molecule has 24 heavy (non-hydrogen) atoms. The van der Waals surface area contributed by atoms with Crippen LogP contribution in [-0.4, -0.2) is 47.9 Å². The summed E-state index contributed by atoms with van der Waals surface area (Å²) in [6.45, 7) is 2.85. The fourth-order valence-corrected chi connectivity index (χ4v) is 3.82. The van der Waals surface area contributed by atoms with Crippen LogP contribution in [0.15, 0.2) is 18.5 Å². The molecule has 130 valence electrons. The Morgan fingerprint density at radius 2 is 1.83 bits per heavy atom. The highest BCUT2D eigenvalue weighted by molar-refractivity contribution is 5.98. The Hall–Kier alpha value is -2.11. The minimum atomic E-state index is -0.464. The highest BCUT2D eigenvalue weighted by Crippen LogP contribution is 2.27. The molecule has 1 aliphatic heterocycles. The van der Waals surface area contributed by atoms with E-state index in [1.165, 1.54) is 38.3 Å². The lowest BCUT2D eigenvalue weighted by atomic mass is 9.86. The number of aromatic nitrogens is 1. The van der Waals surface area contributed by atoms with Crippen LogP contribution in [0.3, 0.4) is 0 Å². The van der Waals surface area contributed by atoms with E-state index in [4.69, 9.17) is 5.73 Å². The van der Waals surface area contributed by atoms with E-state index in [9.17, 15) is 9.59 Å². The molecule has 0 radical (unpaired) electrons. The third-order valence-corrected chi connectivity index (χ3v) is 5.22. The van der Waals surface area contributed by atoms with E-state index in [2.05, 4.69) is 9.88 Å². The van der Waals surface area contributed by atoms with Crippen LogP contribution in [0.4, 0.5) is 5.69 Å². The zero-order valence-corrected chi connectivity index (χ0v) is 14.1. The van der Waals surface area contributed by atoms with Crippen molar-refractivity contribution in [2.75, 3.05) is 31.1 Å². The second-order valence-electron chi connectivity index (χ2n) is 6.83. The summed E-state index contributed by atoms with van der Waals surface area (Å²) < 4.78 is 0. The molecule has 1 saturated carbocycles. The molecular formula is C18H26N4O2. The summed E-state index contributed by atoms with van der Waals surface area (Å²) in [4.78, 5) is 32.1. The first-order valence-electron chi connectivity index (χ1n) is 8.91. The minimum Gasteiger partial charge on any atom is -0.367 e. The van der Waals surface area contributed by atoms with Gasteiger partial charge in [0.1, 0.15) is 0 Å². The van der Waals surface area contributed by atoms with Crippen molar-refractivity contribution in [3.8, 4) is 0 Å². The number of carbonyl (C=O) groups excluding carboxylic acids is 2. The second kappa shape index (κ2) is 7.64. The van der Waals surface area contributed by atoms with Gasteiger partial charge in [0.05, 0.1) is 11.3 Å². The molecule has 3 rings (SSSR count). The van der Waals surface area contributed by atoms with Gasteiger partial charge >= 0.3 is 0 Å². The van der Waals surface area contributed by atoms with E-state index in [0.717, 1.165) is 18.8 Å². The fraction of sp³-hybridized carbons (Fsp3) is 0.611. The number of primary amides is 1. The maximum absolute atomic E-state index is 12.5. The maximum atomic E-state index is 12.5. The number of nitrogens with two attached hydrogens (primary N) is 1. The van der Waals surface area contributed by atoms with Gasteiger partial charge in [-0.2, -0.15) is 0 Å². The van der Waals surface area contributed by atoms with Crippen LogP contribution in [0.25, 0.3) is 0 Å². The number of anilines is 1. The Bertz CT molecular complexity index is 590. The molecule has 1 aliphatic carbocycles. The van der Waals surface area contributed by atoms with Crippen LogP contribution < -0.4 is 10.6 Å². The summed E-state index contributed by atoms with van der Waals surface area (Å²) >= 11 is 0. The highest BCUT2D eigenvalue weighted by atomic mass is 16.2. The first-order valence-corrected chi connectivity index (χ1v) is 8.91. The number of amides is 2. The largest absolute Gasteiger partial charge is 0.367 e. The number of pyridine rings is 1. The number of nitrogens with zero attached hydrogens (tertiary/aromatic N) is 3. The average Bonchev–Trinajstić information content (AvgIpc) is 2.62. The summed E-state index contributed by atoms with van der Waals surface area (Å²) in [7, 11) is 0. The first-order chi connectivity index (χ1) is 11.6. The summed E-state index contributed by atoms with van der Waals surface area (Å²) in [5.74, 6) is 0.395. The van der Waals surface area contributed by atoms with Crippen molar-refractivity contribution < 1.29 is 9.59 Å². The molecule has 1 aromatic heterocycles. The molecule has 6 nitrogen and oxygen atoms in total. The van der Waals surface area contributed by atoms with Gasteiger partial charge in [0.2, 0.25) is 5.91 Å². The van der Waals surface area contributed by atoms with Crippen LogP contribution in [-0.2, 0) is 4.79 Å².